The van der Waals surface area contributed by atoms with Crippen molar-refractivity contribution < 1.29 is 14.0 Å². The van der Waals surface area contributed by atoms with Crippen LogP contribution in [0.2, 0.25) is 0 Å². The van der Waals surface area contributed by atoms with E-state index in [1.165, 1.54) is 24.3 Å². The van der Waals surface area contributed by atoms with Crippen LogP contribution in [0.3, 0.4) is 0 Å². The molecule has 2 aliphatic rings. The highest BCUT2D eigenvalue weighted by atomic mass is 19.1. The molecule has 0 bridgehead atoms. The van der Waals surface area contributed by atoms with Crippen molar-refractivity contribution in [3.05, 3.63) is 47.3 Å². The molecule has 5 nitrogen and oxygen atoms in total. The molecule has 0 aliphatic carbocycles. The summed E-state index contributed by atoms with van der Waals surface area (Å²) in [5.41, 5.74) is 2.14. The van der Waals surface area contributed by atoms with E-state index in [1.54, 1.807) is 0 Å². The molecule has 0 spiro atoms. The smallest absolute Gasteiger partial charge is 0.251 e. The number of ketones is 1. The van der Waals surface area contributed by atoms with Gasteiger partial charge in [0.05, 0.1) is 13.1 Å². The molecule has 3 rings (SSSR count). The van der Waals surface area contributed by atoms with E-state index in [-0.39, 0.29) is 17.5 Å². The fourth-order valence-corrected chi connectivity index (χ4v) is 2.93. The van der Waals surface area contributed by atoms with Crippen LogP contribution in [0.15, 0.2) is 40.9 Å². The SMILES string of the molecule is CC1=NCC(C(=O)N2CCN(CC(=O)c3ccc(F)cc3)CC2)=C1. The second-order valence-corrected chi connectivity index (χ2v) is 6.13. The van der Waals surface area contributed by atoms with Gasteiger partial charge in [-0.1, -0.05) is 0 Å². The van der Waals surface area contributed by atoms with Gasteiger partial charge in [0.25, 0.3) is 5.91 Å². The largest absolute Gasteiger partial charge is 0.336 e. The number of benzene rings is 1. The topological polar surface area (TPSA) is 53.0 Å². The molecule has 1 aromatic carbocycles. The van der Waals surface area contributed by atoms with E-state index >= 15 is 0 Å². The van der Waals surface area contributed by atoms with E-state index in [2.05, 4.69) is 4.99 Å². The van der Waals surface area contributed by atoms with Crippen molar-refractivity contribution in [2.75, 3.05) is 39.3 Å². The summed E-state index contributed by atoms with van der Waals surface area (Å²) in [7, 11) is 0. The first-order chi connectivity index (χ1) is 11.5. The second kappa shape index (κ2) is 7.05. The van der Waals surface area contributed by atoms with Gasteiger partial charge in [0.1, 0.15) is 5.82 Å². The Morgan fingerprint density at radius 3 is 2.38 bits per heavy atom. The van der Waals surface area contributed by atoms with Crippen molar-refractivity contribution in [3.8, 4) is 0 Å². The average molecular weight is 329 g/mol. The molecule has 2 aliphatic heterocycles. The number of amides is 1. The highest BCUT2D eigenvalue weighted by Gasteiger charge is 2.25. The van der Waals surface area contributed by atoms with Crippen molar-refractivity contribution in [1.82, 2.24) is 9.80 Å². The fraction of sp³-hybridized carbons (Fsp3) is 0.389. The van der Waals surface area contributed by atoms with Crippen LogP contribution in [0, 0.1) is 5.82 Å². The van der Waals surface area contributed by atoms with E-state index < -0.39 is 0 Å². The van der Waals surface area contributed by atoms with Crippen LogP contribution in [-0.2, 0) is 4.79 Å². The Hall–Kier alpha value is -2.34. The van der Waals surface area contributed by atoms with Crippen LogP contribution < -0.4 is 0 Å². The number of Topliss-reactive ketones (excluding diaryl/α,β-unsaturated/α-hetero) is 1. The van der Waals surface area contributed by atoms with E-state index in [0.29, 0.717) is 44.8 Å². The van der Waals surface area contributed by atoms with E-state index in [1.807, 2.05) is 22.8 Å². The zero-order chi connectivity index (χ0) is 17.1. The van der Waals surface area contributed by atoms with Crippen molar-refractivity contribution in [2.45, 2.75) is 6.92 Å². The summed E-state index contributed by atoms with van der Waals surface area (Å²) in [6.07, 6.45) is 1.84. The summed E-state index contributed by atoms with van der Waals surface area (Å²) < 4.78 is 12.9. The van der Waals surface area contributed by atoms with Gasteiger partial charge in [0.15, 0.2) is 5.78 Å². The van der Waals surface area contributed by atoms with Crippen molar-refractivity contribution >= 4 is 17.4 Å². The van der Waals surface area contributed by atoms with Gasteiger partial charge in [-0.05, 0) is 37.3 Å². The fourth-order valence-electron chi connectivity index (χ4n) is 2.93. The Balaban J connectivity index is 1.50. The molecule has 1 aromatic rings. The van der Waals surface area contributed by atoms with Gasteiger partial charge in [-0.15, -0.1) is 0 Å². The normalized spacial score (nSPS) is 18.3. The van der Waals surface area contributed by atoms with Gasteiger partial charge >= 0.3 is 0 Å². The summed E-state index contributed by atoms with van der Waals surface area (Å²) >= 11 is 0. The number of rotatable bonds is 4. The van der Waals surface area contributed by atoms with Crippen LogP contribution in [-0.4, -0.2) is 66.5 Å². The number of carbonyl (C=O) groups excluding carboxylic acids is 2. The van der Waals surface area contributed by atoms with Gasteiger partial charge in [0.2, 0.25) is 0 Å². The minimum Gasteiger partial charge on any atom is -0.336 e. The molecule has 0 aromatic heterocycles. The molecule has 0 N–H and O–H groups in total. The van der Waals surface area contributed by atoms with Gasteiger partial charge in [-0.3, -0.25) is 19.5 Å². The van der Waals surface area contributed by atoms with Crippen molar-refractivity contribution in [3.63, 3.8) is 0 Å². The Morgan fingerprint density at radius 2 is 1.79 bits per heavy atom. The number of allylic oxidation sites excluding steroid dienone is 1. The van der Waals surface area contributed by atoms with Crippen LogP contribution in [0.25, 0.3) is 0 Å². The van der Waals surface area contributed by atoms with E-state index in [4.69, 9.17) is 0 Å². The standard InChI is InChI=1S/C18H20FN3O2/c1-13-10-15(11-20-13)18(24)22-8-6-21(7-9-22)12-17(23)14-2-4-16(19)5-3-14/h2-5,10H,6-9,11-12H2,1H3. The predicted molar refractivity (Wildman–Crippen MR) is 89.8 cm³/mol. The third kappa shape index (κ3) is 3.76. The lowest BCUT2D eigenvalue weighted by atomic mass is 10.1. The highest BCUT2D eigenvalue weighted by molar-refractivity contribution is 6.06. The van der Waals surface area contributed by atoms with Gasteiger partial charge < -0.3 is 4.90 Å². The third-order valence-corrected chi connectivity index (χ3v) is 4.35. The maximum Gasteiger partial charge on any atom is 0.251 e. The first kappa shape index (κ1) is 16.5. The van der Waals surface area contributed by atoms with Gasteiger partial charge in [0, 0.05) is 43.0 Å². The molecular weight excluding hydrogens is 309 g/mol. The zero-order valence-corrected chi connectivity index (χ0v) is 13.7. The lowest BCUT2D eigenvalue weighted by Crippen LogP contribution is -2.50. The Morgan fingerprint density at radius 1 is 1.12 bits per heavy atom. The number of halogens is 1. The van der Waals surface area contributed by atoms with Gasteiger partial charge in [-0.25, -0.2) is 4.39 Å². The minimum atomic E-state index is -0.348. The monoisotopic (exact) mass is 329 g/mol. The molecule has 6 heteroatoms. The third-order valence-electron chi connectivity index (χ3n) is 4.35. The number of carbonyl (C=O) groups is 2. The lowest BCUT2D eigenvalue weighted by Gasteiger charge is -2.34. The zero-order valence-electron chi connectivity index (χ0n) is 13.7. The highest BCUT2D eigenvalue weighted by Crippen LogP contribution is 2.13. The van der Waals surface area contributed by atoms with Gasteiger partial charge in [-0.2, -0.15) is 0 Å². The quantitative estimate of drug-likeness (QED) is 0.788. The summed E-state index contributed by atoms with van der Waals surface area (Å²) in [6, 6.07) is 5.60. The number of piperazine rings is 1. The average Bonchev–Trinajstić information content (AvgIpc) is 3.02. The van der Waals surface area contributed by atoms with E-state index in [9.17, 15) is 14.0 Å². The molecule has 1 fully saturated rings. The molecule has 0 unspecified atom stereocenters. The Labute approximate surface area is 140 Å². The number of hydrogen-bond donors (Lipinski definition) is 0. The predicted octanol–water partition coefficient (Wildman–Crippen LogP) is 1.55. The summed E-state index contributed by atoms with van der Waals surface area (Å²) in [6.45, 7) is 5.17. The molecular formula is C18H20FN3O2. The maximum absolute atomic E-state index is 12.9. The van der Waals surface area contributed by atoms with Crippen LogP contribution in [0.5, 0.6) is 0 Å². The van der Waals surface area contributed by atoms with Crippen molar-refractivity contribution in [1.29, 1.82) is 0 Å². The second-order valence-electron chi connectivity index (χ2n) is 6.13. The Bertz CT molecular complexity index is 701. The van der Waals surface area contributed by atoms with Crippen LogP contribution >= 0.6 is 0 Å². The first-order valence-electron chi connectivity index (χ1n) is 8.05. The first-order valence-corrected chi connectivity index (χ1v) is 8.05. The number of hydrogen-bond acceptors (Lipinski definition) is 4. The van der Waals surface area contributed by atoms with Crippen molar-refractivity contribution in [2.24, 2.45) is 4.99 Å². The van der Waals surface area contributed by atoms with Crippen LogP contribution in [0.4, 0.5) is 4.39 Å². The molecule has 0 radical (unpaired) electrons. The minimum absolute atomic E-state index is 0.0303. The van der Waals surface area contributed by atoms with E-state index in [0.717, 1.165) is 11.3 Å². The molecule has 2 heterocycles. The summed E-state index contributed by atoms with van der Waals surface area (Å²) in [5.74, 6) is -0.337. The Kier molecular flexibility index (Phi) is 4.85. The maximum atomic E-state index is 12.9. The molecule has 1 amide bonds. The summed E-state index contributed by atoms with van der Waals surface area (Å²) in [4.78, 5) is 32.7. The number of nitrogens with zero attached hydrogens (tertiary/aromatic N) is 3. The molecule has 1 saturated heterocycles. The molecule has 0 saturated carbocycles. The molecule has 24 heavy (non-hydrogen) atoms. The molecule has 0 atom stereocenters. The van der Waals surface area contributed by atoms with Crippen LogP contribution in [0.1, 0.15) is 17.3 Å². The molecule has 126 valence electrons. The summed E-state index contributed by atoms with van der Waals surface area (Å²) in [5, 5.41) is 0. The lowest BCUT2D eigenvalue weighted by molar-refractivity contribution is -0.128. The number of aliphatic imine (C=N–C) groups is 1.